The number of carboxylic acids is 1. The minimum absolute atomic E-state index is 0.328. The lowest BCUT2D eigenvalue weighted by Gasteiger charge is -2.19. The van der Waals surface area contributed by atoms with Gasteiger partial charge in [-0.3, -0.25) is 9.59 Å². The van der Waals surface area contributed by atoms with Gasteiger partial charge in [0.1, 0.15) is 18.2 Å². The molecule has 0 saturated carbocycles. The van der Waals surface area contributed by atoms with Crippen LogP contribution in [0.25, 0.3) is 0 Å². The van der Waals surface area contributed by atoms with Crippen LogP contribution < -0.4 is 11.5 Å². The molecular formula is C13H18N2O4. The van der Waals surface area contributed by atoms with Gasteiger partial charge in [0.05, 0.1) is 0 Å². The lowest BCUT2D eigenvalue weighted by atomic mass is 10.1. The van der Waals surface area contributed by atoms with Crippen molar-refractivity contribution in [3.63, 3.8) is 0 Å². The normalized spacial score (nSPS) is 15.3. The second kappa shape index (κ2) is 6.86. The van der Waals surface area contributed by atoms with Crippen molar-refractivity contribution in [3.05, 3.63) is 35.9 Å². The third-order valence-electron chi connectivity index (χ3n) is 2.69. The Morgan fingerprint density at radius 1 is 1.26 bits per heavy atom. The van der Waals surface area contributed by atoms with E-state index in [0.717, 1.165) is 5.56 Å². The van der Waals surface area contributed by atoms with Crippen molar-refractivity contribution >= 4 is 11.9 Å². The smallest absolute Gasteiger partial charge is 0.324 e. The molecule has 0 aliphatic rings. The first-order valence-corrected chi connectivity index (χ1v) is 5.90. The highest BCUT2D eigenvalue weighted by molar-refractivity contribution is 5.78. The van der Waals surface area contributed by atoms with E-state index < -0.39 is 30.1 Å². The third-order valence-corrected chi connectivity index (χ3v) is 2.69. The van der Waals surface area contributed by atoms with Crippen LogP contribution in [0.15, 0.2) is 30.3 Å². The fourth-order valence-electron chi connectivity index (χ4n) is 1.50. The molecule has 0 fully saturated rings. The zero-order valence-corrected chi connectivity index (χ0v) is 10.7. The molecule has 0 aliphatic carbocycles. The summed E-state index contributed by atoms with van der Waals surface area (Å²) in [6, 6.07) is 7.14. The Bertz CT molecular complexity index is 436. The number of hydrogen-bond acceptors (Lipinski definition) is 5. The molecule has 0 saturated heterocycles. The third kappa shape index (κ3) is 4.69. The number of carboxylic acid groups (broad SMARTS) is 1. The molecule has 1 rings (SSSR count). The van der Waals surface area contributed by atoms with Crippen molar-refractivity contribution in [2.75, 3.05) is 0 Å². The molecule has 6 nitrogen and oxygen atoms in total. The van der Waals surface area contributed by atoms with Gasteiger partial charge in [0.2, 0.25) is 0 Å². The van der Waals surface area contributed by atoms with Crippen molar-refractivity contribution in [2.45, 2.75) is 31.5 Å². The number of esters is 1. The summed E-state index contributed by atoms with van der Waals surface area (Å²) >= 11 is 0. The maximum Gasteiger partial charge on any atom is 0.324 e. The highest BCUT2D eigenvalue weighted by Gasteiger charge is 2.26. The second-order valence-electron chi connectivity index (χ2n) is 4.30. The standard InChI is InChI=1S/C13H18N2O4/c1-8(11(15)12(16)17)19-13(18)10(14)7-9-5-3-2-4-6-9/h2-6,8,10-11H,7,14-15H2,1H3,(H,16,17)/t8-,10+,11+/m1/s1. The maximum atomic E-state index is 11.7. The molecule has 0 unspecified atom stereocenters. The fourth-order valence-corrected chi connectivity index (χ4v) is 1.50. The lowest BCUT2D eigenvalue weighted by Crippen LogP contribution is -2.45. The van der Waals surface area contributed by atoms with Crippen LogP contribution in [-0.2, 0) is 20.7 Å². The van der Waals surface area contributed by atoms with Gasteiger partial charge in [-0.2, -0.15) is 0 Å². The summed E-state index contributed by atoms with van der Waals surface area (Å²) in [4.78, 5) is 22.3. The zero-order valence-electron chi connectivity index (χ0n) is 10.7. The first kappa shape index (κ1) is 15.1. The van der Waals surface area contributed by atoms with Crippen molar-refractivity contribution in [2.24, 2.45) is 11.5 Å². The first-order valence-electron chi connectivity index (χ1n) is 5.90. The van der Waals surface area contributed by atoms with Gasteiger partial charge in [-0.25, -0.2) is 0 Å². The molecule has 0 bridgehead atoms. The van der Waals surface area contributed by atoms with Crippen LogP contribution in [0.2, 0.25) is 0 Å². The molecule has 19 heavy (non-hydrogen) atoms. The predicted molar refractivity (Wildman–Crippen MR) is 69.3 cm³/mol. The minimum atomic E-state index is -1.26. The van der Waals surface area contributed by atoms with Crippen LogP contribution in [0.1, 0.15) is 12.5 Å². The van der Waals surface area contributed by atoms with Gasteiger partial charge in [0.25, 0.3) is 0 Å². The molecule has 5 N–H and O–H groups in total. The number of carbonyl (C=O) groups is 2. The molecule has 1 aromatic rings. The molecular weight excluding hydrogens is 248 g/mol. The Morgan fingerprint density at radius 3 is 2.37 bits per heavy atom. The van der Waals surface area contributed by atoms with Gasteiger partial charge in [0.15, 0.2) is 0 Å². The van der Waals surface area contributed by atoms with Crippen LogP contribution in [0.4, 0.5) is 0 Å². The predicted octanol–water partition coefficient (Wildman–Crippen LogP) is -0.1000. The molecule has 0 spiro atoms. The van der Waals surface area contributed by atoms with E-state index in [9.17, 15) is 9.59 Å². The average molecular weight is 266 g/mol. The van der Waals surface area contributed by atoms with Crippen LogP contribution in [0.5, 0.6) is 0 Å². The van der Waals surface area contributed by atoms with E-state index >= 15 is 0 Å². The molecule has 0 aliphatic heterocycles. The number of hydrogen-bond donors (Lipinski definition) is 3. The van der Waals surface area contributed by atoms with E-state index in [-0.39, 0.29) is 0 Å². The quantitative estimate of drug-likeness (QED) is 0.619. The van der Waals surface area contributed by atoms with Gasteiger partial charge in [-0.05, 0) is 18.9 Å². The largest absolute Gasteiger partial charge is 0.480 e. The Morgan fingerprint density at radius 2 is 1.84 bits per heavy atom. The van der Waals surface area contributed by atoms with Crippen molar-refractivity contribution in [1.29, 1.82) is 0 Å². The number of benzene rings is 1. The highest BCUT2D eigenvalue weighted by Crippen LogP contribution is 2.05. The number of carbonyl (C=O) groups excluding carboxylic acids is 1. The summed E-state index contributed by atoms with van der Waals surface area (Å²) in [6.45, 7) is 1.42. The van der Waals surface area contributed by atoms with Crippen molar-refractivity contribution in [3.8, 4) is 0 Å². The number of ether oxygens (including phenoxy) is 1. The molecule has 0 amide bonds. The van der Waals surface area contributed by atoms with Gasteiger partial charge in [-0.1, -0.05) is 30.3 Å². The fraction of sp³-hybridized carbons (Fsp3) is 0.385. The summed E-state index contributed by atoms with van der Waals surface area (Å²) in [5.41, 5.74) is 12.0. The Balaban J connectivity index is 2.51. The maximum absolute atomic E-state index is 11.7. The Labute approximate surface area is 111 Å². The SMILES string of the molecule is C[C@@H](OC(=O)[C@@H](N)Cc1ccccc1)[C@H](N)C(=O)O. The molecule has 3 atom stereocenters. The van der Waals surface area contributed by atoms with Crippen LogP contribution >= 0.6 is 0 Å². The summed E-state index contributed by atoms with van der Waals surface area (Å²) in [5, 5.41) is 8.69. The summed E-state index contributed by atoms with van der Waals surface area (Å²) < 4.78 is 4.94. The van der Waals surface area contributed by atoms with E-state index in [1.54, 1.807) is 0 Å². The van der Waals surface area contributed by atoms with Crippen LogP contribution in [0.3, 0.4) is 0 Å². The monoisotopic (exact) mass is 266 g/mol. The van der Waals surface area contributed by atoms with Gasteiger partial charge in [0, 0.05) is 0 Å². The topological polar surface area (TPSA) is 116 Å². The molecule has 0 radical (unpaired) electrons. The van der Waals surface area contributed by atoms with Crippen molar-refractivity contribution in [1.82, 2.24) is 0 Å². The number of rotatable bonds is 6. The van der Waals surface area contributed by atoms with E-state index in [0.29, 0.717) is 6.42 Å². The molecule has 0 aromatic heterocycles. The Hall–Kier alpha value is -1.92. The minimum Gasteiger partial charge on any atom is -0.480 e. The number of nitrogens with two attached hydrogens (primary N) is 2. The van der Waals surface area contributed by atoms with Gasteiger partial charge < -0.3 is 21.3 Å². The highest BCUT2D eigenvalue weighted by atomic mass is 16.5. The second-order valence-corrected chi connectivity index (χ2v) is 4.30. The Kier molecular flexibility index (Phi) is 5.47. The molecule has 1 aromatic carbocycles. The van der Waals surface area contributed by atoms with Gasteiger partial charge in [-0.15, -0.1) is 0 Å². The lowest BCUT2D eigenvalue weighted by molar-refractivity contribution is -0.154. The van der Waals surface area contributed by atoms with E-state index in [1.165, 1.54) is 6.92 Å². The summed E-state index contributed by atoms with van der Waals surface area (Å²) in [7, 11) is 0. The number of aliphatic carboxylic acids is 1. The van der Waals surface area contributed by atoms with Crippen LogP contribution in [0, 0.1) is 0 Å². The van der Waals surface area contributed by atoms with E-state index in [2.05, 4.69) is 0 Å². The summed E-state index contributed by atoms with van der Waals surface area (Å²) in [6.07, 6.45) is -0.596. The average Bonchev–Trinajstić information content (AvgIpc) is 2.38. The molecule has 6 heteroatoms. The molecule has 104 valence electrons. The van der Waals surface area contributed by atoms with E-state index in [4.69, 9.17) is 21.3 Å². The first-order chi connectivity index (χ1) is 8.91. The summed E-state index contributed by atoms with van der Waals surface area (Å²) in [5.74, 6) is -1.88. The van der Waals surface area contributed by atoms with E-state index in [1.807, 2.05) is 30.3 Å². The molecule has 0 heterocycles. The van der Waals surface area contributed by atoms with Gasteiger partial charge >= 0.3 is 11.9 Å². The van der Waals surface area contributed by atoms with Crippen LogP contribution in [-0.4, -0.2) is 35.2 Å². The van der Waals surface area contributed by atoms with Crippen molar-refractivity contribution < 1.29 is 19.4 Å². The zero-order chi connectivity index (χ0) is 14.4.